The van der Waals surface area contributed by atoms with Crippen molar-refractivity contribution >= 4 is 29.1 Å². The summed E-state index contributed by atoms with van der Waals surface area (Å²) in [5.41, 5.74) is 5.11. The van der Waals surface area contributed by atoms with E-state index in [1.807, 2.05) is 30.3 Å². The molecule has 3 nitrogen and oxygen atoms in total. The van der Waals surface area contributed by atoms with Gasteiger partial charge in [-0.05, 0) is 87.0 Å². The van der Waals surface area contributed by atoms with Gasteiger partial charge in [0.15, 0.2) is 0 Å². The lowest BCUT2D eigenvalue weighted by atomic mass is 9.48. The molecule has 0 unspecified atom stereocenters. The first-order valence-electron chi connectivity index (χ1n) is 12.9. The maximum atomic E-state index is 13.7. The van der Waals surface area contributed by atoms with Gasteiger partial charge in [0.1, 0.15) is 16.9 Å². The minimum atomic E-state index is -0.137. The molecule has 0 radical (unpaired) electrons. The van der Waals surface area contributed by atoms with Crippen molar-refractivity contribution < 1.29 is 4.79 Å². The molecule has 5 heteroatoms. The van der Waals surface area contributed by atoms with E-state index in [0.717, 1.165) is 59.4 Å². The standard InChI is InChI=1S/C31H29ClN2OS/c1-19-2-4-24(5-3-19)28-13-26(23-6-8-25(32)9-7-23)27(17-33)30(34-28)36-18-29(35)31-14-20-10-21(15-31)12-22(11-20)16-31/h2-9,13,20-22H,10-12,14-16,18H2,1H3. The summed E-state index contributed by atoms with van der Waals surface area (Å²) in [5.74, 6) is 2.95. The number of nitriles is 1. The molecular formula is C31H29ClN2OS. The molecule has 2 aromatic carbocycles. The van der Waals surface area contributed by atoms with Crippen LogP contribution in [0.1, 0.15) is 49.7 Å². The fourth-order valence-electron chi connectivity index (χ4n) is 7.20. The van der Waals surface area contributed by atoms with Gasteiger partial charge in [0, 0.05) is 21.6 Å². The number of aromatic nitrogens is 1. The number of benzene rings is 2. The summed E-state index contributed by atoms with van der Waals surface area (Å²) >= 11 is 7.58. The molecule has 0 atom stereocenters. The van der Waals surface area contributed by atoms with E-state index in [4.69, 9.17) is 16.6 Å². The Morgan fingerprint density at radius 2 is 1.58 bits per heavy atom. The van der Waals surface area contributed by atoms with Crippen LogP contribution in [0.5, 0.6) is 0 Å². The van der Waals surface area contributed by atoms with Crippen molar-refractivity contribution in [3.63, 3.8) is 0 Å². The van der Waals surface area contributed by atoms with Crippen LogP contribution in [0.3, 0.4) is 0 Å². The zero-order valence-corrected chi connectivity index (χ0v) is 22.0. The number of hydrogen-bond acceptors (Lipinski definition) is 4. The van der Waals surface area contributed by atoms with Crippen LogP contribution in [-0.4, -0.2) is 16.5 Å². The Kier molecular flexibility index (Phi) is 6.18. The highest BCUT2D eigenvalue weighted by Gasteiger charge is 2.54. The number of carbonyl (C=O) groups is 1. The van der Waals surface area contributed by atoms with Gasteiger partial charge in [0.25, 0.3) is 0 Å². The van der Waals surface area contributed by atoms with Crippen LogP contribution in [0.2, 0.25) is 5.02 Å². The Labute approximate surface area is 222 Å². The van der Waals surface area contributed by atoms with Crippen molar-refractivity contribution in [1.29, 1.82) is 5.26 Å². The van der Waals surface area contributed by atoms with Crippen molar-refractivity contribution in [1.82, 2.24) is 4.98 Å². The van der Waals surface area contributed by atoms with Crippen LogP contribution < -0.4 is 0 Å². The molecule has 0 N–H and O–H groups in total. The van der Waals surface area contributed by atoms with Gasteiger partial charge in [-0.1, -0.05) is 65.3 Å². The molecule has 182 valence electrons. The molecule has 4 aliphatic carbocycles. The van der Waals surface area contributed by atoms with Gasteiger partial charge in [-0.2, -0.15) is 5.26 Å². The fraction of sp³-hybridized carbons (Fsp3) is 0.387. The van der Waals surface area contributed by atoms with Crippen molar-refractivity contribution in [2.45, 2.75) is 50.5 Å². The monoisotopic (exact) mass is 512 g/mol. The summed E-state index contributed by atoms with van der Waals surface area (Å²) in [6, 6.07) is 20.2. The second kappa shape index (κ2) is 9.36. The molecule has 1 aromatic heterocycles. The topological polar surface area (TPSA) is 53.8 Å². The van der Waals surface area contributed by atoms with Crippen LogP contribution in [0.25, 0.3) is 22.4 Å². The van der Waals surface area contributed by atoms with Crippen LogP contribution in [-0.2, 0) is 4.79 Å². The van der Waals surface area contributed by atoms with E-state index >= 15 is 0 Å². The number of ketones is 1. The molecule has 4 bridgehead atoms. The quantitative estimate of drug-likeness (QED) is 0.313. The molecule has 3 aromatic rings. The Bertz CT molecular complexity index is 1320. The highest BCUT2D eigenvalue weighted by Crippen LogP contribution is 2.60. The second-order valence-electron chi connectivity index (χ2n) is 11.1. The smallest absolute Gasteiger partial charge is 0.149 e. The van der Waals surface area contributed by atoms with E-state index in [0.29, 0.717) is 27.1 Å². The third-order valence-electron chi connectivity index (χ3n) is 8.57. The summed E-state index contributed by atoms with van der Waals surface area (Å²) in [7, 11) is 0. The first-order chi connectivity index (χ1) is 17.4. The molecule has 0 amide bonds. The molecule has 0 aliphatic heterocycles. The predicted molar refractivity (Wildman–Crippen MR) is 146 cm³/mol. The Morgan fingerprint density at radius 3 is 2.17 bits per heavy atom. The molecule has 4 saturated carbocycles. The highest BCUT2D eigenvalue weighted by atomic mass is 35.5. The Hall–Kier alpha value is -2.61. The number of rotatable bonds is 6. The maximum Gasteiger partial charge on any atom is 0.149 e. The molecule has 4 aliphatic rings. The number of aryl methyl sites for hydroxylation is 1. The van der Waals surface area contributed by atoms with E-state index in [9.17, 15) is 10.1 Å². The van der Waals surface area contributed by atoms with Crippen molar-refractivity contribution in [3.05, 3.63) is 70.7 Å². The summed E-state index contributed by atoms with van der Waals surface area (Å²) in [6.07, 6.45) is 7.16. The van der Waals surface area contributed by atoms with Gasteiger partial charge in [-0.15, -0.1) is 0 Å². The minimum absolute atomic E-state index is 0.137. The van der Waals surface area contributed by atoms with Crippen LogP contribution >= 0.6 is 23.4 Å². The molecular weight excluding hydrogens is 484 g/mol. The summed E-state index contributed by atoms with van der Waals surface area (Å²) in [5, 5.41) is 11.5. The number of Topliss-reactive ketones (excluding diaryl/α,β-unsaturated/α-hetero) is 1. The number of nitrogens with zero attached hydrogens (tertiary/aromatic N) is 2. The third-order valence-corrected chi connectivity index (χ3v) is 9.80. The van der Waals surface area contributed by atoms with E-state index in [-0.39, 0.29) is 5.41 Å². The van der Waals surface area contributed by atoms with Crippen molar-refractivity contribution in [2.75, 3.05) is 5.75 Å². The van der Waals surface area contributed by atoms with E-state index < -0.39 is 0 Å². The first kappa shape index (κ1) is 23.8. The Balaban J connectivity index is 1.35. The number of thioether (sulfide) groups is 1. The van der Waals surface area contributed by atoms with Gasteiger partial charge in [0.2, 0.25) is 0 Å². The summed E-state index contributed by atoms with van der Waals surface area (Å²) in [6.45, 7) is 2.06. The molecule has 4 fully saturated rings. The largest absolute Gasteiger partial charge is 0.298 e. The first-order valence-corrected chi connectivity index (χ1v) is 14.2. The average Bonchev–Trinajstić information content (AvgIpc) is 2.87. The van der Waals surface area contributed by atoms with Crippen LogP contribution in [0.4, 0.5) is 0 Å². The normalized spacial score (nSPS) is 26.1. The average molecular weight is 513 g/mol. The van der Waals surface area contributed by atoms with Gasteiger partial charge in [-0.3, -0.25) is 4.79 Å². The van der Waals surface area contributed by atoms with Crippen molar-refractivity contribution in [3.8, 4) is 28.5 Å². The molecule has 0 spiro atoms. The van der Waals surface area contributed by atoms with Gasteiger partial charge in [-0.25, -0.2) is 4.98 Å². The third kappa shape index (κ3) is 4.38. The van der Waals surface area contributed by atoms with Crippen molar-refractivity contribution in [2.24, 2.45) is 23.2 Å². The van der Waals surface area contributed by atoms with E-state index in [2.05, 4.69) is 37.3 Å². The lowest BCUT2D eigenvalue weighted by Crippen LogP contribution is -2.50. The number of pyridine rings is 1. The maximum absolute atomic E-state index is 13.7. The molecule has 0 saturated heterocycles. The highest BCUT2D eigenvalue weighted by molar-refractivity contribution is 8.00. The minimum Gasteiger partial charge on any atom is -0.298 e. The van der Waals surface area contributed by atoms with E-state index in [1.165, 1.54) is 36.6 Å². The lowest BCUT2D eigenvalue weighted by Gasteiger charge is -2.56. The van der Waals surface area contributed by atoms with Gasteiger partial charge in [0.05, 0.1) is 17.0 Å². The lowest BCUT2D eigenvalue weighted by molar-refractivity contribution is -0.141. The zero-order valence-electron chi connectivity index (χ0n) is 20.5. The van der Waals surface area contributed by atoms with Crippen LogP contribution in [0.15, 0.2) is 59.6 Å². The number of hydrogen-bond donors (Lipinski definition) is 0. The van der Waals surface area contributed by atoms with Crippen LogP contribution in [0, 0.1) is 41.4 Å². The predicted octanol–water partition coefficient (Wildman–Crippen LogP) is 8.13. The number of halogens is 1. The molecule has 1 heterocycles. The zero-order chi connectivity index (χ0) is 24.9. The van der Waals surface area contributed by atoms with Gasteiger partial charge >= 0.3 is 0 Å². The SMILES string of the molecule is Cc1ccc(-c2cc(-c3ccc(Cl)cc3)c(C#N)c(SCC(=O)C34CC5CC(CC(C5)C3)C4)n2)cc1. The Morgan fingerprint density at radius 1 is 1.00 bits per heavy atom. The second-order valence-corrected chi connectivity index (χ2v) is 12.5. The number of carbonyl (C=O) groups excluding carboxylic acids is 1. The molecule has 36 heavy (non-hydrogen) atoms. The summed E-state index contributed by atoms with van der Waals surface area (Å²) in [4.78, 5) is 18.6. The molecule has 7 rings (SSSR count). The van der Waals surface area contributed by atoms with Gasteiger partial charge < -0.3 is 0 Å². The fourth-order valence-corrected chi connectivity index (χ4v) is 8.37. The van der Waals surface area contributed by atoms with E-state index in [1.54, 1.807) is 0 Å². The summed E-state index contributed by atoms with van der Waals surface area (Å²) < 4.78 is 0.